The van der Waals surface area contributed by atoms with Gasteiger partial charge in [0.15, 0.2) is 0 Å². The molecule has 0 saturated heterocycles. The second kappa shape index (κ2) is 6.13. The van der Waals surface area contributed by atoms with Crippen LogP contribution in [0.25, 0.3) is 0 Å². The third kappa shape index (κ3) is 3.64. The Morgan fingerprint density at radius 3 is 2.58 bits per heavy atom. The van der Waals surface area contributed by atoms with Gasteiger partial charge in [-0.1, -0.05) is 11.6 Å². The third-order valence-electron chi connectivity index (χ3n) is 3.20. The predicted molar refractivity (Wildman–Crippen MR) is 72.0 cm³/mol. The van der Waals surface area contributed by atoms with Crippen molar-refractivity contribution < 1.29 is 9.72 Å². The first-order chi connectivity index (χ1) is 9.16. The van der Waals surface area contributed by atoms with Crippen LogP contribution in [-0.4, -0.2) is 17.4 Å². The van der Waals surface area contributed by atoms with Crippen molar-refractivity contribution in [1.82, 2.24) is 5.32 Å². The molecule has 1 aromatic rings. The molecule has 0 saturated carbocycles. The van der Waals surface area contributed by atoms with Gasteiger partial charge in [0.25, 0.3) is 11.6 Å². The summed E-state index contributed by atoms with van der Waals surface area (Å²) in [5, 5.41) is 13.4. The lowest BCUT2D eigenvalue weighted by molar-refractivity contribution is -0.384. The summed E-state index contributed by atoms with van der Waals surface area (Å²) in [5.74, 6) is -0.193. The molecule has 1 aliphatic rings. The van der Waals surface area contributed by atoms with Gasteiger partial charge < -0.3 is 5.32 Å². The molecule has 0 aromatic heterocycles. The van der Waals surface area contributed by atoms with Crippen LogP contribution in [0, 0.1) is 10.1 Å². The van der Waals surface area contributed by atoms with Gasteiger partial charge in [0.05, 0.1) is 4.92 Å². The summed E-state index contributed by atoms with van der Waals surface area (Å²) in [7, 11) is 0. The number of non-ortho nitro benzene ring substituents is 1. The van der Waals surface area contributed by atoms with Crippen LogP contribution in [0.15, 0.2) is 35.9 Å². The summed E-state index contributed by atoms with van der Waals surface area (Å²) >= 11 is 0. The number of amides is 1. The lowest BCUT2D eigenvalue weighted by Crippen LogP contribution is -2.26. The van der Waals surface area contributed by atoms with Gasteiger partial charge in [-0.05, 0) is 37.8 Å². The standard InChI is InChI=1S/C14H16N2O3/c17-14(15-10-11-4-2-1-3-5-11)12-6-8-13(9-7-12)16(18)19/h4,6-9H,1-3,5,10H2,(H,15,17). The number of nitrogens with zero attached hydrogens (tertiary/aromatic N) is 1. The van der Waals surface area contributed by atoms with E-state index in [0.717, 1.165) is 12.8 Å². The molecule has 100 valence electrons. The van der Waals surface area contributed by atoms with Crippen LogP contribution < -0.4 is 5.32 Å². The maximum absolute atomic E-state index is 11.9. The molecule has 0 aliphatic heterocycles. The zero-order valence-electron chi connectivity index (χ0n) is 10.6. The highest BCUT2D eigenvalue weighted by Gasteiger charge is 2.10. The first kappa shape index (κ1) is 13.3. The molecule has 19 heavy (non-hydrogen) atoms. The molecule has 2 rings (SSSR count). The van der Waals surface area contributed by atoms with E-state index in [1.54, 1.807) is 0 Å². The van der Waals surface area contributed by atoms with Crippen LogP contribution in [0.4, 0.5) is 5.69 Å². The van der Waals surface area contributed by atoms with E-state index in [1.165, 1.54) is 42.7 Å². The fourth-order valence-corrected chi connectivity index (χ4v) is 2.10. The summed E-state index contributed by atoms with van der Waals surface area (Å²) in [6.45, 7) is 0.565. The van der Waals surface area contributed by atoms with E-state index in [2.05, 4.69) is 11.4 Å². The van der Waals surface area contributed by atoms with Gasteiger partial charge in [-0.2, -0.15) is 0 Å². The van der Waals surface area contributed by atoms with Crippen molar-refractivity contribution >= 4 is 11.6 Å². The summed E-state index contributed by atoms with van der Waals surface area (Å²) < 4.78 is 0. The second-order valence-electron chi connectivity index (χ2n) is 4.59. The maximum atomic E-state index is 11.9. The van der Waals surface area contributed by atoms with E-state index in [0.29, 0.717) is 12.1 Å². The highest BCUT2D eigenvalue weighted by atomic mass is 16.6. The van der Waals surface area contributed by atoms with Crippen molar-refractivity contribution in [2.24, 2.45) is 0 Å². The van der Waals surface area contributed by atoms with Crippen molar-refractivity contribution in [2.45, 2.75) is 25.7 Å². The molecule has 0 spiro atoms. The Morgan fingerprint density at radius 1 is 1.26 bits per heavy atom. The molecular formula is C14H16N2O3. The van der Waals surface area contributed by atoms with Crippen molar-refractivity contribution in [2.75, 3.05) is 6.54 Å². The van der Waals surface area contributed by atoms with Gasteiger partial charge in [-0.3, -0.25) is 14.9 Å². The van der Waals surface area contributed by atoms with Crippen molar-refractivity contribution in [3.63, 3.8) is 0 Å². The van der Waals surface area contributed by atoms with E-state index >= 15 is 0 Å². The summed E-state index contributed by atoms with van der Waals surface area (Å²) in [6.07, 6.45) is 6.71. The summed E-state index contributed by atoms with van der Waals surface area (Å²) in [6, 6.07) is 5.63. The topological polar surface area (TPSA) is 72.2 Å². The SMILES string of the molecule is O=C(NCC1=CCCCC1)c1ccc([N+](=O)[O-])cc1. The Balaban J connectivity index is 1.92. The molecule has 0 atom stereocenters. The van der Waals surface area contributed by atoms with Crippen molar-refractivity contribution in [1.29, 1.82) is 0 Å². The number of rotatable bonds is 4. The molecule has 1 amide bonds. The van der Waals surface area contributed by atoms with Crippen LogP contribution in [0.3, 0.4) is 0 Å². The lowest BCUT2D eigenvalue weighted by atomic mass is 9.99. The normalized spacial score (nSPS) is 14.6. The fraction of sp³-hybridized carbons (Fsp3) is 0.357. The molecule has 1 aromatic carbocycles. The number of allylic oxidation sites excluding steroid dienone is 1. The van der Waals surface area contributed by atoms with E-state index in [4.69, 9.17) is 0 Å². The molecule has 0 unspecified atom stereocenters. The lowest BCUT2D eigenvalue weighted by Gasteiger charge is -2.13. The minimum atomic E-state index is -0.478. The minimum absolute atomic E-state index is 0.00783. The first-order valence-corrected chi connectivity index (χ1v) is 6.37. The van der Waals surface area contributed by atoms with Crippen LogP contribution in [0.5, 0.6) is 0 Å². The zero-order valence-corrected chi connectivity index (χ0v) is 10.6. The van der Waals surface area contributed by atoms with Crippen molar-refractivity contribution in [3.05, 3.63) is 51.6 Å². The molecule has 0 heterocycles. The minimum Gasteiger partial charge on any atom is -0.348 e. The van der Waals surface area contributed by atoms with Gasteiger partial charge >= 0.3 is 0 Å². The van der Waals surface area contributed by atoms with Gasteiger partial charge in [0.1, 0.15) is 0 Å². The Morgan fingerprint density at radius 2 is 2.00 bits per heavy atom. The smallest absolute Gasteiger partial charge is 0.269 e. The molecule has 0 fully saturated rings. The van der Waals surface area contributed by atoms with Gasteiger partial charge in [-0.25, -0.2) is 0 Å². The van der Waals surface area contributed by atoms with E-state index < -0.39 is 4.92 Å². The average Bonchev–Trinajstić information content (AvgIpc) is 2.46. The molecule has 5 heteroatoms. The molecule has 0 radical (unpaired) electrons. The first-order valence-electron chi connectivity index (χ1n) is 6.37. The number of nitrogens with one attached hydrogen (secondary N) is 1. The number of nitro groups is 1. The average molecular weight is 260 g/mol. The number of hydrogen-bond donors (Lipinski definition) is 1. The third-order valence-corrected chi connectivity index (χ3v) is 3.20. The Bertz CT molecular complexity index is 506. The fourth-order valence-electron chi connectivity index (χ4n) is 2.10. The number of carbonyl (C=O) groups excluding carboxylic acids is 1. The van der Waals surface area contributed by atoms with E-state index in [1.807, 2.05) is 0 Å². The van der Waals surface area contributed by atoms with Gasteiger partial charge in [0, 0.05) is 24.2 Å². The summed E-state index contributed by atoms with van der Waals surface area (Å²) in [5.41, 5.74) is 1.70. The Labute approximate surface area is 111 Å². The molecule has 5 nitrogen and oxygen atoms in total. The quantitative estimate of drug-likeness (QED) is 0.514. The number of benzene rings is 1. The largest absolute Gasteiger partial charge is 0.348 e. The number of nitro benzene ring substituents is 1. The van der Waals surface area contributed by atoms with Gasteiger partial charge in [-0.15, -0.1) is 0 Å². The Kier molecular flexibility index (Phi) is 4.28. The monoisotopic (exact) mass is 260 g/mol. The number of carbonyl (C=O) groups is 1. The maximum Gasteiger partial charge on any atom is 0.269 e. The molecule has 1 N–H and O–H groups in total. The van der Waals surface area contributed by atoms with Crippen molar-refractivity contribution in [3.8, 4) is 0 Å². The highest BCUT2D eigenvalue weighted by molar-refractivity contribution is 5.94. The highest BCUT2D eigenvalue weighted by Crippen LogP contribution is 2.16. The van der Waals surface area contributed by atoms with Crippen LogP contribution in [0.2, 0.25) is 0 Å². The van der Waals surface area contributed by atoms with E-state index in [9.17, 15) is 14.9 Å². The Hall–Kier alpha value is -2.17. The molecular weight excluding hydrogens is 244 g/mol. The molecule has 1 aliphatic carbocycles. The number of hydrogen-bond acceptors (Lipinski definition) is 3. The van der Waals surface area contributed by atoms with Crippen LogP contribution in [0.1, 0.15) is 36.0 Å². The van der Waals surface area contributed by atoms with Crippen LogP contribution >= 0.6 is 0 Å². The van der Waals surface area contributed by atoms with Gasteiger partial charge in [0.2, 0.25) is 0 Å². The summed E-state index contributed by atoms with van der Waals surface area (Å²) in [4.78, 5) is 21.9. The van der Waals surface area contributed by atoms with Crippen LogP contribution in [-0.2, 0) is 0 Å². The van der Waals surface area contributed by atoms with E-state index in [-0.39, 0.29) is 11.6 Å². The molecule has 0 bridgehead atoms. The zero-order chi connectivity index (χ0) is 13.7. The second-order valence-corrected chi connectivity index (χ2v) is 4.59. The predicted octanol–water partition coefficient (Wildman–Crippen LogP) is 2.83.